The van der Waals surface area contributed by atoms with E-state index < -0.39 is 17.9 Å². The molecule has 0 spiro atoms. The van der Waals surface area contributed by atoms with Gasteiger partial charge in [0.1, 0.15) is 0 Å². The SMILES string of the molecule is CCCCCCCCCCCCCCCCCCCCCC(=O)O.O=C(O)CCCCCCCCCCCCCCCCCCC(=O)O. The highest BCUT2D eigenvalue weighted by molar-refractivity contribution is 5.67. The zero-order valence-corrected chi connectivity index (χ0v) is 31.9. The molecule has 6 heteroatoms. The summed E-state index contributed by atoms with van der Waals surface area (Å²) in [7, 11) is 0. The predicted octanol–water partition coefficient (Wildman–Crippen LogP) is 14.1. The highest BCUT2D eigenvalue weighted by Gasteiger charge is 2.00. The molecule has 0 aromatic heterocycles. The summed E-state index contributed by atoms with van der Waals surface area (Å²) in [5.41, 5.74) is 0. The van der Waals surface area contributed by atoms with Crippen LogP contribution in [0.15, 0.2) is 0 Å². The predicted molar refractivity (Wildman–Crippen MR) is 204 cm³/mol. The van der Waals surface area contributed by atoms with Crippen molar-refractivity contribution in [3.8, 4) is 0 Å². The van der Waals surface area contributed by atoms with E-state index in [0.717, 1.165) is 38.5 Å². The fourth-order valence-electron chi connectivity index (χ4n) is 6.38. The molecule has 0 aromatic rings. The molecule has 3 N–H and O–H groups in total. The molecule has 0 aliphatic carbocycles. The van der Waals surface area contributed by atoms with Gasteiger partial charge in [-0.05, 0) is 19.3 Å². The summed E-state index contributed by atoms with van der Waals surface area (Å²) in [4.78, 5) is 31.1. The van der Waals surface area contributed by atoms with Crippen molar-refractivity contribution in [3.05, 3.63) is 0 Å². The topological polar surface area (TPSA) is 112 Å². The van der Waals surface area contributed by atoms with Crippen LogP contribution >= 0.6 is 0 Å². The minimum absolute atomic E-state index is 0.322. The van der Waals surface area contributed by atoms with Crippen molar-refractivity contribution in [3.63, 3.8) is 0 Å². The number of unbranched alkanes of at least 4 members (excludes halogenated alkanes) is 33. The molecule has 0 bridgehead atoms. The van der Waals surface area contributed by atoms with Crippen LogP contribution in [0.5, 0.6) is 0 Å². The van der Waals surface area contributed by atoms with Gasteiger partial charge in [-0.2, -0.15) is 0 Å². The van der Waals surface area contributed by atoms with Gasteiger partial charge in [-0.1, -0.05) is 212 Å². The van der Waals surface area contributed by atoms with Crippen molar-refractivity contribution in [2.24, 2.45) is 0 Å². The van der Waals surface area contributed by atoms with Crippen LogP contribution in [0, 0.1) is 0 Å². The van der Waals surface area contributed by atoms with Gasteiger partial charge in [0.2, 0.25) is 0 Å². The number of carboxylic acid groups (broad SMARTS) is 3. The van der Waals surface area contributed by atoms with Gasteiger partial charge in [-0.15, -0.1) is 0 Å². The molecule has 0 heterocycles. The van der Waals surface area contributed by atoms with E-state index in [0.29, 0.717) is 19.3 Å². The van der Waals surface area contributed by atoms with Crippen molar-refractivity contribution in [1.82, 2.24) is 0 Å². The van der Waals surface area contributed by atoms with Gasteiger partial charge in [0.15, 0.2) is 0 Å². The van der Waals surface area contributed by atoms with Crippen LogP contribution in [0.4, 0.5) is 0 Å². The summed E-state index contributed by atoms with van der Waals surface area (Å²) < 4.78 is 0. The lowest BCUT2D eigenvalue weighted by molar-refractivity contribution is -0.138. The molecule has 0 aromatic carbocycles. The molecule has 0 atom stereocenters. The van der Waals surface area contributed by atoms with Crippen LogP contribution in [-0.2, 0) is 14.4 Å². The van der Waals surface area contributed by atoms with Gasteiger partial charge in [0.25, 0.3) is 0 Å². The minimum Gasteiger partial charge on any atom is -0.481 e. The Hall–Kier alpha value is -1.59. The highest BCUT2D eigenvalue weighted by atomic mass is 16.4. The van der Waals surface area contributed by atoms with E-state index in [1.165, 1.54) is 186 Å². The molecular formula is C42H82O6. The van der Waals surface area contributed by atoms with Crippen molar-refractivity contribution in [2.45, 2.75) is 251 Å². The molecule has 286 valence electrons. The van der Waals surface area contributed by atoms with E-state index in [2.05, 4.69) is 6.92 Å². The van der Waals surface area contributed by atoms with E-state index in [-0.39, 0.29) is 0 Å². The smallest absolute Gasteiger partial charge is 0.303 e. The summed E-state index contributed by atoms with van der Waals surface area (Å²) in [5, 5.41) is 25.6. The maximum Gasteiger partial charge on any atom is 0.303 e. The molecule has 0 aliphatic heterocycles. The lowest BCUT2D eigenvalue weighted by Gasteiger charge is -2.03. The fourth-order valence-corrected chi connectivity index (χ4v) is 6.38. The van der Waals surface area contributed by atoms with Gasteiger partial charge in [-0.25, -0.2) is 0 Å². The molecule has 0 saturated carbocycles. The summed E-state index contributed by atoms with van der Waals surface area (Å²) in [6, 6.07) is 0. The van der Waals surface area contributed by atoms with Crippen molar-refractivity contribution < 1.29 is 29.7 Å². The van der Waals surface area contributed by atoms with Gasteiger partial charge in [0.05, 0.1) is 0 Å². The molecule has 48 heavy (non-hydrogen) atoms. The number of aliphatic carboxylic acids is 3. The first-order chi connectivity index (χ1) is 23.4. The Bertz CT molecular complexity index is 635. The Labute approximate surface area is 298 Å². The number of carboxylic acids is 3. The molecule has 6 nitrogen and oxygen atoms in total. The molecule has 0 fully saturated rings. The summed E-state index contributed by atoms with van der Waals surface area (Å²) in [6.07, 6.45) is 46.0. The van der Waals surface area contributed by atoms with Gasteiger partial charge in [0, 0.05) is 19.3 Å². The third-order valence-corrected chi connectivity index (χ3v) is 9.53. The minimum atomic E-state index is -0.673. The third-order valence-electron chi connectivity index (χ3n) is 9.53. The molecule has 0 amide bonds. The lowest BCUT2D eigenvalue weighted by atomic mass is 10.0. The second-order valence-electron chi connectivity index (χ2n) is 14.5. The van der Waals surface area contributed by atoms with E-state index in [9.17, 15) is 14.4 Å². The normalized spacial score (nSPS) is 10.9. The van der Waals surface area contributed by atoms with Crippen molar-refractivity contribution >= 4 is 17.9 Å². The van der Waals surface area contributed by atoms with E-state index in [1.807, 2.05) is 0 Å². The lowest BCUT2D eigenvalue weighted by Crippen LogP contribution is -1.93. The summed E-state index contributed by atoms with van der Waals surface area (Å²) in [5.74, 6) is -2.00. The quantitative estimate of drug-likeness (QED) is 0.0556. The molecule has 0 saturated heterocycles. The first-order valence-corrected chi connectivity index (χ1v) is 21.1. The van der Waals surface area contributed by atoms with Crippen LogP contribution in [0.2, 0.25) is 0 Å². The second-order valence-corrected chi connectivity index (χ2v) is 14.5. The zero-order valence-electron chi connectivity index (χ0n) is 31.9. The zero-order chi connectivity index (χ0) is 35.6. The van der Waals surface area contributed by atoms with E-state index in [4.69, 9.17) is 15.3 Å². The Morgan fingerprint density at radius 1 is 0.250 bits per heavy atom. The molecule has 0 aliphatic rings. The van der Waals surface area contributed by atoms with Crippen LogP contribution in [0.25, 0.3) is 0 Å². The molecule has 0 unspecified atom stereocenters. The molecule has 0 radical (unpaired) electrons. The van der Waals surface area contributed by atoms with E-state index in [1.54, 1.807) is 0 Å². The van der Waals surface area contributed by atoms with Gasteiger partial charge < -0.3 is 15.3 Å². The maximum atomic E-state index is 10.4. The Balaban J connectivity index is 0. The van der Waals surface area contributed by atoms with Crippen molar-refractivity contribution in [2.75, 3.05) is 0 Å². The summed E-state index contributed by atoms with van der Waals surface area (Å²) in [6.45, 7) is 2.28. The number of hydrogen-bond donors (Lipinski definition) is 3. The highest BCUT2D eigenvalue weighted by Crippen LogP contribution is 2.16. The van der Waals surface area contributed by atoms with Crippen LogP contribution in [0.1, 0.15) is 251 Å². The van der Waals surface area contributed by atoms with Crippen molar-refractivity contribution in [1.29, 1.82) is 0 Å². The van der Waals surface area contributed by atoms with Gasteiger partial charge in [-0.3, -0.25) is 14.4 Å². The van der Waals surface area contributed by atoms with Crippen LogP contribution < -0.4 is 0 Å². The fraction of sp³-hybridized carbons (Fsp3) is 0.929. The Morgan fingerprint density at radius 3 is 0.500 bits per heavy atom. The van der Waals surface area contributed by atoms with Crippen LogP contribution in [0.3, 0.4) is 0 Å². The maximum absolute atomic E-state index is 10.4. The first kappa shape index (κ1) is 48.5. The summed E-state index contributed by atoms with van der Waals surface area (Å²) >= 11 is 0. The molecular weight excluding hydrogens is 600 g/mol. The standard InChI is InChI=1S/C22H44O2.C20H38O4/c1-2-3-4-5-6-7-8-9-10-11-12-13-14-15-16-17-18-19-20-21-22(23)24;21-19(22)17-15-13-11-9-7-5-3-1-2-4-6-8-10-12-14-16-18-20(23)24/h2-21H2,1H3,(H,23,24);1-18H2,(H,21,22)(H,23,24). The first-order valence-electron chi connectivity index (χ1n) is 21.1. The largest absolute Gasteiger partial charge is 0.481 e. The monoisotopic (exact) mass is 683 g/mol. The Kier molecular flexibility index (Phi) is 43.9. The number of hydrogen-bond acceptors (Lipinski definition) is 3. The average molecular weight is 683 g/mol. The van der Waals surface area contributed by atoms with Gasteiger partial charge >= 0.3 is 17.9 Å². The molecule has 0 rings (SSSR count). The van der Waals surface area contributed by atoms with Crippen LogP contribution in [-0.4, -0.2) is 33.2 Å². The third kappa shape index (κ3) is 51.2. The average Bonchev–Trinajstić information content (AvgIpc) is 3.05. The second kappa shape index (κ2) is 43.4. The van der Waals surface area contributed by atoms with E-state index >= 15 is 0 Å². The Morgan fingerprint density at radius 2 is 0.375 bits per heavy atom. The number of rotatable bonds is 39. The number of carbonyl (C=O) groups is 3.